The van der Waals surface area contributed by atoms with E-state index in [2.05, 4.69) is 60.7 Å². The van der Waals surface area contributed by atoms with Crippen LogP contribution in [0.1, 0.15) is 64.4 Å². The van der Waals surface area contributed by atoms with Crippen LogP contribution in [0.2, 0.25) is 0 Å². The van der Waals surface area contributed by atoms with Crippen molar-refractivity contribution in [3.63, 3.8) is 0 Å². The van der Waals surface area contributed by atoms with Crippen LogP contribution in [0.5, 0.6) is 0 Å². The van der Waals surface area contributed by atoms with Crippen LogP contribution in [0.15, 0.2) is 36.0 Å². The maximum Gasteiger partial charge on any atom is 0.236 e. The fourth-order valence-electron chi connectivity index (χ4n) is 5.23. The van der Waals surface area contributed by atoms with Gasteiger partial charge in [-0.1, -0.05) is 75.9 Å². The molecule has 2 aliphatic heterocycles. The highest BCUT2D eigenvalue weighted by molar-refractivity contribution is 8.14. The summed E-state index contributed by atoms with van der Waals surface area (Å²) in [5.74, 6) is 2.27. The van der Waals surface area contributed by atoms with Crippen LogP contribution in [0.25, 0.3) is 0 Å². The lowest BCUT2D eigenvalue weighted by atomic mass is 9.84. The Morgan fingerprint density at radius 3 is 2.74 bits per heavy atom. The Morgan fingerprint density at radius 2 is 1.96 bits per heavy atom. The Kier molecular flexibility index (Phi) is 5.68. The van der Waals surface area contributed by atoms with Crippen LogP contribution < -0.4 is 4.90 Å². The summed E-state index contributed by atoms with van der Waals surface area (Å²) < 4.78 is 2.64. The minimum Gasteiger partial charge on any atom is -0.347 e. The number of nitrogens with zero attached hydrogens (tertiary/aromatic N) is 2. The van der Waals surface area contributed by atoms with E-state index in [1.165, 1.54) is 85.8 Å². The lowest BCUT2D eigenvalue weighted by Gasteiger charge is -2.23. The molecule has 0 bridgehead atoms. The lowest BCUT2D eigenvalue weighted by molar-refractivity contribution is -0.517. The van der Waals surface area contributed by atoms with E-state index >= 15 is 0 Å². The summed E-state index contributed by atoms with van der Waals surface area (Å²) in [6.45, 7) is 7.18. The number of unbranched alkanes of at least 4 members (excludes halogenated alkanes) is 1. The van der Waals surface area contributed by atoms with E-state index in [1.807, 2.05) is 11.8 Å². The first-order valence-electron chi connectivity index (χ1n) is 10.9. The predicted molar refractivity (Wildman–Crippen MR) is 119 cm³/mol. The first-order valence-corrected chi connectivity index (χ1v) is 11.9. The van der Waals surface area contributed by atoms with E-state index in [0.29, 0.717) is 0 Å². The van der Waals surface area contributed by atoms with Gasteiger partial charge in [-0.2, -0.15) is 0 Å². The van der Waals surface area contributed by atoms with Crippen molar-refractivity contribution in [1.82, 2.24) is 0 Å². The first kappa shape index (κ1) is 19.1. The summed E-state index contributed by atoms with van der Waals surface area (Å²) in [6.07, 6.45) is 12.6. The summed E-state index contributed by atoms with van der Waals surface area (Å²) in [6, 6.07) is 8.87. The molecule has 0 atom stereocenters. The number of para-hydroxylation sites is 1. The number of hydrogen-bond acceptors (Lipinski definition) is 2. The third-order valence-electron chi connectivity index (χ3n) is 6.89. The molecule has 0 saturated heterocycles. The normalized spacial score (nSPS) is 23.7. The zero-order valence-corrected chi connectivity index (χ0v) is 18.2. The van der Waals surface area contributed by atoms with E-state index < -0.39 is 0 Å². The highest BCUT2D eigenvalue weighted by Gasteiger charge is 2.39. The first-order chi connectivity index (χ1) is 13.1. The van der Waals surface area contributed by atoms with Gasteiger partial charge in [0.25, 0.3) is 0 Å². The average molecular weight is 384 g/mol. The van der Waals surface area contributed by atoms with E-state index in [1.54, 1.807) is 0 Å². The van der Waals surface area contributed by atoms with Gasteiger partial charge < -0.3 is 4.90 Å². The molecule has 0 radical (unpaired) electrons. The number of rotatable bonds is 6. The molecule has 1 saturated carbocycles. The second-order valence-corrected chi connectivity index (χ2v) is 10.2. The molecule has 0 N–H and O–H groups in total. The summed E-state index contributed by atoms with van der Waals surface area (Å²) in [5.41, 5.74) is 4.32. The molecule has 146 valence electrons. The van der Waals surface area contributed by atoms with Crippen LogP contribution >= 0.6 is 11.8 Å². The van der Waals surface area contributed by atoms with Crippen LogP contribution in [0.4, 0.5) is 5.69 Å². The van der Waals surface area contributed by atoms with E-state index in [9.17, 15) is 0 Å². The van der Waals surface area contributed by atoms with Gasteiger partial charge in [0.1, 0.15) is 6.54 Å². The number of fused-ring (bicyclic) bond motifs is 1. The maximum atomic E-state index is 2.64. The van der Waals surface area contributed by atoms with Crippen molar-refractivity contribution >= 4 is 22.5 Å². The van der Waals surface area contributed by atoms with Crippen molar-refractivity contribution in [1.29, 1.82) is 0 Å². The third kappa shape index (κ3) is 3.85. The molecule has 2 heterocycles. The van der Waals surface area contributed by atoms with Crippen molar-refractivity contribution in [2.75, 3.05) is 30.8 Å². The van der Waals surface area contributed by atoms with Crippen LogP contribution in [0, 0.1) is 5.92 Å². The van der Waals surface area contributed by atoms with Crippen molar-refractivity contribution < 1.29 is 4.58 Å². The predicted octanol–water partition coefficient (Wildman–Crippen LogP) is 5.82. The van der Waals surface area contributed by atoms with E-state index in [0.717, 1.165) is 5.92 Å². The van der Waals surface area contributed by atoms with Gasteiger partial charge >= 0.3 is 0 Å². The zero-order chi connectivity index (χ0) is 18.9. The number of anilines is 1. The standard InChI is InChI=1S/C24H35N2S/c1-24(2)20-13-6-7-14-21(20)25(3)22(24)18-23-26(16-17-27-23)15-9-8-12-19-10-4-5-11-19/h6-7,13-14,18-19H,4-5,8-12,15-17H2,1-3H3/q+1. The molecule has 0 amide bonds. The van der Waals surface area contributed by atoms with Crippen LogP contribution in [0.3, 0.4) is 0 Å². The molecule has 1 aromatic carbocycles. The molecule has 1 fully saturated rings. The molecule has 3 heteroatoms. The summed E-state index contributed by atoms with van der Waals surface area (Å²) >= 11 is 2.04. The third-order valence-corrected chi connectivity index (χ3v) is 7.95. The van der Waals surface area contributed by atoms with Gasteiger partial charge in [-0.15, -0.1) is 0 Å². The largest absolute Gasteiger partial charge is 0.347 e. The minimum absolute atomic E-state index is 0.0790. The number of hydrogen-bond donors (Lipinski definition) is 0. The van der Waals surface area contributed by atoms with Crippen molar-refractivity contribution in [3.05, 3.63) is 41.6 Å². The molecule has 27 heavy (non-hydrogen) atoms. The van der Waals surface area contributed by atoms with Crippen LogP contribution in [-0.2, 0) is 5.41 Å². The van der Waals surface area contributed by atoms with Gasteiger partial charge in [0.2, 0.25) is 5.04 Å². The number of allylic oxidation sites excluding steroid dienone is 1. The second-order valence-electron chi connectivity index (χ2n) is 9.05. The SMILES string of the molecule is CN1/C(=C/C2=[N+](CCCCC3CCCC3)CCS2)C(C)(C)c2ccccc21. The second kappa shape index (κ2) is 8.03. The lowest BCUT2D eigenvalue weighted by Crippen LogP contribution is -2.25. The molecule has 0 aromatic heterocycles. The molecule has 3 aliphatic rings. The van der Waals surface area contributed by atoms with Crippen molar-refractivity contribution in [2.24, 2.45) is 5.92 Å². The zero-order valence-electron chi connectivity index (χ0n) is 17.3. The molecule has 1 aromatic rings. The Morgan fingerprint density at radius 1 is 1.19 bits per heavy atom. The average Bonchev–Trinajstić information content (AvgIpc) is 3.37. The summed E-state index contributed by atoms with van der Waals surface area (Å²) in [4.78, 5) is 2.40. The number of likely N-dealkylation sites (N-methyl/N-ethyl adjacent to an activating group) is 1. The van der Waals surface area contributed by atoms with Crippen molar-refractivity contribution in [2.45, 2.75) is 64.2 Å². The monoisotopic (exact) mass is 383 g/mol. The summed E-state index contributed by atoms with van der Waals surface area (Å²) in [5, 5.41) is 1.48. The van der Waals surface area contributed by atoms with Gasteiger partial charge in [0, 0.05) is 36.3 Å². The van der Waals surface area contributed by atoms with Gasteiger partial charge in [0.05, 0.1) is 5.75 Å². The molecular formula is C24H35N2S+. The molecule has 4 rings (SSSR count). The van der Waals surface area contributed by atoms with E-state index in [4.69, 9.17) is 0 Å². The molecule has 1 aliphatic carbocycles. The maximum absolute atomic E-state index is 2.64. The highest BCUT2D eigenvalue weighted by atomic mass is 32.2. The Balaban J connectivity index is 1.45. The molecule has 0 spiro atoms. The molecular weight excluding hydrogens is 348 g/mol. The van der Waals surface area contributed by atoms with E-state index in [-0.39, 0.29) is 5.41 Å². The Hall–Kier alpha value is -1.22. The quantitative estimate of drug-likeness (QED) is 0.451. The number of benzene rings is 1. The number of thioether (sulfide) groups is 1. The van der Waals surface area contributed by atoms with Gasteiger partial charge in [0.15, 0.2) is 6.54 Å². The Labute approximate surface area is 169 Å². The van der Waals surface area contributed by atoms with Crippen LogP contribution in [-0.4, -0.2) is 35.5 Å². The smallest absolute Gasteiger partial charge is 0.236 e. The topological polar surface area (TPSA) is 6.25 Å². The highest BCUT2D eigenvalue weighted by Crippen LogP contribution is 2.46. The van der Waals surface area contributed by atoms with Crippen molar-refractivity contribution in [3.8, 4) is 0 Å². The van der Waals surface area contributed by atoms with Gasteiger partial charge in [-0.05, 0) is 24.0 Å². The minimum atomic E-state index is 0.0790. The van der Waals surface area contributed by atoms with Gasteiger partial charge in [-0.3, -0.25) is 0 Å². The summed E-state index contributed by atoms with van der Waals surface area (Å²) in [7, 11) is 2.23. The fourth-order valence-corrected chi connectivity index (χ4v) is 6.31. The molecule has 0 unspecified atom stereocenters. The fraction of sp³-hybridized carbons (Fsp3) is 0.625. The van der Waals surface area contributed by atoms with Gasteiger partial charge in [-0.25, -0.2) is 4.58 Å². The molecule has 2 nitrogen and oxygen atoms in total. The Bertz CT molecular complexity index is 741.